The van der Waals surface area contributed by atoms with Gasteiger partial charge in [-0.1, -0.05) is 69.6 Å². The first kappa shape index (κ1) is 15.4. The van der Waals surface area contributed by atoms with Crippen LogP contribution in [-0.4, -0.2) is 21.6 Å². The van der Waals surface area contributed by atoms with Crippen molar-refractivity contribution in [3.8, 4) is 0 Å². The smallest absolute Gasteiger partial charge is 0.201 e. The second-order valence-electron chi connectivity index (χ2n) is 6.10. The highest BCUT2D eigenvalue weighted by molar-refractivity contribution is 9.10. The number of quaternary nitrogens is 1. The number of carbonyl (C=O) groups is 1. The third kappa shape index (κ3) is 2.72. The number of hydrogen-bond acceptors (Lipinski definition) is 4. The molecule has 0 saturated carbocycles. The Kier molecular flexibility index (Phi) is 3.86. The average Bonchev–Trinajstić information content (AvgIpc) is 3.15. The molecule has 4 rings (SSSR count). The molecule has 1 aliphatic heterocycles. The van der Waals surface area contributed by atoms with Crippen LogP contribution in [0.15, 0.2) is 64.0 Å². The maximum atomic E-state index is 12.2. The van der Waals surface area contributed by atoms with E-state index in [1.165, 1.54) is 6.34 Å². The molecule has 0 fully saturated rings. The molecule has 0 spiro atoms. The van der Waals surface area contributed by atoms with Crippen molar-refractivity contribution in [1.82, 2.24) is 0 Å². The van der Waals surface area contributed by atoms with Crippen LogP contribution in [-0.2, 0) is 19.5 Å². The van der Waals surface area contributed by atoms with Crippen molar-refractivity contribution in [3.05, 3.63) is 70.8 Å². The fourth-order valence-electron chi connectivity index (χ4n) is 3.31. The molecule has 0 bridgehead atoms. The van der Waals surface area contributed by atoms with E-state index in [1.54, 1.807) is 0 Å². The molecular weight excluding hydrogens is 368 g/mol. The number of Topliss-reactive ketones (excluding diaryl/α,β-unsaturated/α-hetero) is 1. The summed E-state index contributed by atoms with van der Waals surface area (Å²) in [6.07, 6.45) is 2.22. The first-order chi connectivity index (χ1) is 11.7. The Hall–Kier alpha value is -2.18. The van der Waals surface area contributed by atoms with E-state index in [0.717, 1.165) is 28.7 Å². The number of benzene rings is 2. The Bertz CT molecular complexity index is 835. The van der Waals surface area contributed by atoms with Gasteiger partial charge in [0.15, 0.2) is 18.9 Å². The molecule has 1 heterocycles. The number of hydrogen-bond donors (Lipinski definition) is 0. The van der Waals surface area contributed by atoms with E-state index < -0.39 is 0 Å². The molecule has 2 unspecified atom stereocenters. The van der Waals surface area contributed by atoms with E-state index in [9.17, 15) is 4.79 Å². The lowest BCUT2D eigenvalue weighted by atomic mass is 10.0. The molecular formula is C18H16BrN4O+. The van der Waals surface area contributed by atoms with Crippen LogP contribution in [0.1, 0.15) is 27.0 Å². The van der Waals surface area contributed by atoms with E-state index >= 15 is 0 Å². The van der Waals surface area contributed by atoms with Gasteiger partial charge in [-0.05, 0) is 21.8 Å². The van der Waals surface area contributed by atoms with Gasteiger partial charge in [0.2, 0.25) is 6.34 Å². The van der Waals surface area contributed by atoms with E-state index in [1.807, 2.05) is 30.3 Å². The fraction of sp³-hybridized carbons (Fsp3) is 0.222. The summed E-state index contributed by atoms with van der Waals surface area (Å²) in [6, 6.07) is 16.0. The number of rotatable bonds is 4. The number of fused-ring (bicyclic) bond motifs is 1. The molecule has 2 aliphatic rings. The van der Waals surface area contributed by atoms with Crippen LogP contribution in [0.2, 0.25) is 0 Å². The summed E-state index contributed by atoms with van der Waals surface area (Å²) in [5, 5.41) is 12.9. The summed E-state index contributed by atoms with van der Waals surface area (Å²) in [5.74, 6) is 0.160. The van der Waals surface area contributed by atoms with Crippen LogP contribution < -0.4 is 0 Å². The molecule has 0 radical (unpaired) electrons. The first-order valence-corrected chi connectivity index (χ1v) is 8.75. The third-order valence-corrected chi connectivity index (χ3v) is 5.18. The molecule has 2 aromatic carbocycles. The van der Waals surface area contributed by atoms with Crippen LogP contribution in [0.5, 0.6) is 0 Å². The number of ketones is 1. The summed E-state index contributed by atoms with van der Waals surface area (Å²) < 4.78 is 0.154. The van der Waals surface area contributed by atoms with E-state index in [2.05, 4.69) is 49.6 Å². The minimum absolute atomic E-state index is 0.125. The lowest BCUT2D eigenvalue weighted by Gasteiger charge is -2.22. The van der Waals surface area contributed by atoms with Crippen LogP contribution in [0.4, 0.5) is 0 Å². The van der Waals surface area contributed by atoms with Crippen molar-refractivity contribution in [1.29, 1.82) is 0 Å². The minimum Gasteiger partial charge on any atom is -0.293 e. The zero-order chi connectivity index (χ0) is 16.6. The monoisotopic (exact) mass is 383 g/mol. The van der Waals surface area contributed by atoms with Gasteiger partial charge >= 0.3 is 0 Å². The van der Waals surface area contributed by atoms with E-state index in [-0.39, 0.29) is 15.3 Å². The molecule has 0 aromatic heterocycles. The lowest BCUT2D eigenvalue weighted by molar-refractivity contribution is -0.967. The standard InChI is InChI=1S/C18H16BrN4O/c19-17-9-16-14(7-4-8-15(16)18(17)24)11-23(21-12-20-22-23)10-13-5-2-1-3-6-13/h1-8,12,17H,9-11H2/q+1. The van der Waals surface area contributed by atoms with Gasteiger partial charge in [0.25, 0.3) is 0 Å². The second kappa shape index (κ2) is 6.03. The SMILES string of the molecule is O=C1c2cccc(C[N+]3(Cc4ccccc4)N=CN=N3)c2CC1Br. The van der Waals surface area contributed by atoms with Crippen molar-refractivity contribution < 1.29 is 9.50 Å². The van der Waals surface area contributed by atoms with E-state index in [0.29, 0.717) is 13.1 Å². The predicted octanol–water partition coefficient (Wildman–Crippen LogP) is 4.03. The maximum Gasteiger partial charge on any atom is 0.201 e. The molecule has 6 heteroatoms. The molecule has 0 N–H and O–H groups in total. The number of halogens is 1. The highest BCUT2D eigenvalue weighted by Gasteiger charge is 2.36. The van der Waals surface area contributed by atoms with Crippen LogP contribution in [0.25, 0.3) is 0 Å². The summed E-state index contributed by atoms with van der Waals surface area (Å²) in [4.78, 5) is 12.1. The molecule has 5 nitrogen and oxygen atoms in total. The first-order valence-electron chi connectivity index (χ1n) is 7.83. The van der Waals surface area contributed by atoms with Crippen LogP contribution >= 0.6 is 15.9 Å². The van der Waals surface area contributed by atoms with Gasteiger partial charge in [0.1, 0.15) is 0 Å². The van der Waals surface area contributed by atoms with Gasteiger partial charge in [0, 0.05) is 16.7 Å². The average molecular weight is 384 g/mol. The van der Waals surface area contributed by atoms with E-state index in [4.69, 9.17) is 0 Å². The molecule has 0 saturated heterocycles. The van der Waals surface area contributed by atoms with Crippen molar-refractivity contribution in [2.45, 2.75) is 24.3 Å². The summed E-state index contributed by atoms with van der Waals surface area (Å²) in [6.45, 7) is 1.22. The van der Waals surface area contributed by atoms with Gasteiger partial charge in [-0.25, -0.2) is 0 Å². The second-order valence-corrected chi connectivity index (χ2v) is 7.20. The Labute approximate surface area is 148 Å². The zero-order valence-corrected chi connectivity index (χ0v) is 14.6. The summed E-state index contributed by atoms with van der Waals surface area (Å²) in [5.41, 5.74) is 4.17. The predicted molar refractivity (Wildman–Crippen MR) is 94.6 cm³/mol. The topological polar surface area (TPSA) is 54.1 Å². The quantitative estimate of drug-likeness (QED) is 0.580. The van der Waals surface area contributed by atoms with Gasteiger partial charge in [-0.3, -0.25) is 4.79 Å². The summed E-state index contributed by atoms with van der Waals surface area (Å²) in [7, 11) is 0. The highest BCUT2D eigenvalue weighted by atomic mass is 79.9. The molecule has 2 aromatic rings. The molecule has 0 amide bonds. The number of alkyl halides is 1. The van der Waals surface area contributed by atoms with Gasteiger partial charge in [0.05, 0.1) is 10.1 Å². The Morgan fingerprint density at radius 2 is 1.92 bits per heavy atom. The van der Waals surface area contributed by atoms with Crippen molar-refractivity contribution in [2.75, 3.05) is 0 Å². The zero-order valence-electron chi connectivity index (χ0n) is 13.0. The molecule has 2 atom stereocenters. The molecule has 1 aliphatic carbocycles. The molecule has 120 valence electrons. The van der Waals surface area contributed by atoms with Gasteiger partial charge in [-0.2, -0.15) is 0 Å². The molecule has 24 heavy (non-hydrogen) atoms. The lowest BCUT2D eigenvalue weighted by Crippen LogP contribution is -2.34. The van der Waals surface area contributed by atoms with Crippen molar-refractivity contribution in [2.24, 2.45) is 15.4 Å². The van der Waals surface area contributed by atoms with Gasteiger partial charge < -0.3 is 0 Å². The maximum absolute atomic E-state index is 12.2. The number of nitrogens with zero attached hydrogens (tertiary/aromatic N) is 4. The largest absolute Gasteiger partial charge is 0.293 e. The van der Waals surface area contributed by atoms with Crippen molar-refractivity contribution in [3.63, 3.8) is 0 Å². The normalized spacial score (nSPS) is 24.5. The fourth-order valence-corrected chi connectivity index (χ4v) is 3.88. The Balaban J connectivity index is 1.68. The third-order valence-electron chi connectivity index (χ3n) is 4.44. The van der Waals surface area contributed by atoms with Crippen LogP contribution in [0.3, 0.4) is 0 Å². The van der Waals surface area contributed by atoms with Crippen LogP contribution in [0, 0.1) is 0 Å². The Morgan fingerprint density at radius 3 is 2.67 bits per heavy atom. The highest BCUT2D eigenvalue weighted by Crippen LogP contribution is 2.33. The van der Waals surface area contributed by atoms with Gasteiger partial charge in [-0.15, -0.1) is 0 Å². The van der Waals surface area contributed by atoms with Crippen molar-refractivity contribution >= 4 is 28.1 Å². The number of carbonyl (C=O) groups excluding carboxylic acids is 1. The summed E-state index contributed by atoms with van der Waals surface area (Å²) >= 11 is 3.47. The minimum atomic E-state index is -0.125. The Morgan fingerprint density at radius 1 is 1.08 bits per heavy atom.